The summed E-state index contributed by atoms with van der Waals surface area (Å²) in [6.45, 7) is 8.53. The van der Waals surface area contributed by atoms with Crippen molar-refractivity contribution in [2.24, 2.45) is 5.92 Å². The summed E-state index contributed by atoms with van der Waals surface area (Å²) in [5.41, 5.74) is 0. The van der Waals surface area contributed by atoms with Crippen molar-refractivity contribution in [3.8, 4) is 0 Å². The number of hydrogen-bond donors (Lipinski definition) is 0. The molecule has 1 aliphatic heterocycles. The van der Waals surface area contributed by atoms with Gasteiger partial charge in [-0.1, -0.05) is 20.3 Å². The maximum absolute atomic E-state index is 12.2. The number of amides is 2. The second kappa shape index (κ2) is 6.62. The monoisotopic (exact) mass is 240 g/mol. The Bertz CT molecular complexity index is 271. The first kappa shape index (κ1) is 14.0. The first-order valence-electron chi connectivity index (χ1n) is 6.64. The zero-order valence-corrected chi connectivity index (χ0v) is 11.2. The second-order valence-electron chi connectivity index (χ2n) is 4.73. The molecule has 1 saturated heterocycles. The highest BCUT2D eigenvalue weighted by atomic mass is 16.2. The van der Waals surface area contributed by atoms with Gasteiger partial charge in [-0.05, 0) is 12.8 Å². The van der Waals surface area contributed by atoms with Crippen molar-refractivity contribution >= 4 is 11.8 Å². The standard InChI is InChI=1S/C13H24N2O2/c1-4-6-12(5-2)13(17)15-9-7-14(8-10-15)11(3)16/h12H,4-10H2,1-3H3. The van der Waals surface area contributed by atoms with Crippen molar-refractivity contribution in [2.75, 3.05) is 26.2 Å². The fourth-order valence-corrected chi connectivity index (χ4v) is 2.35. The summed E-state index contributed by atoms with van der Waals surface area (Å²) in [7, 11) is 0. The van der Waals surface area contributed by atoms with Gasteiger partial charge in [0.05, 0.1) is 0 Å². The predicted octanol–water partition coefficient (Wildman–Crippen LogP) is 1.50. The fraction of sp³-hybridized carbons (Fsp3) is 0.846. The molecule has 4 nitrogen and oxygen atoms in total. The van der Waals surface area contributed by atoms with Crippen LogP contribution in [0.3, 0.4) is 0 Å². The third-order valence-corrected chi connectivity index (χ3v) is 3.52. The SMILES string of the molecule is CCCC(CC)C(=O)N1CCN(C(C)=O)CC1. The average molecular weight is 240 g/mol. The molecule has 0 spiro atoms. The van der Waals surface area contributed by atoms with Crippen LogP contribution in [-0.2, 0) is 9.59 Å². The molecule has 1 rings (SSSR count). The maximum atomic E-state index is 12.2. The Hall–Kier alpha value is -1.06. The van der Waals surface area contributed by atoms with Crippen molar-refractivity contribution in [1.82, 2.24) is 9.80 Å². The van der Waals surface area contributed by atoms with Gasteiger partial charge in [-0.25, -0.2) is 0 Å². The van der Waals surface area contributed by atoms with Crippen LogP contribution in [0.25, 0.3) is 0 Å². The van der Waals surface area contributed by atoms with Gasteiger partial charge in [-0.15, -0.1) is 0 Å². The quantitative estimate of drug-likeness (QED) is 0.747. The zero-order chi connectivity index (χ0) is 12.8. The highest BCUT2D eigenvalue weighted by Gasteiger charge is 2.26. The number of carbonyl (C=O) groups is 2. The van der Waals surface area contributed by atoms with Crippen LogP contribution < -0.4 is 0 Å². The molecule has 1 heterocycles. The topological polar surface area (TPSA) is 40.6 Å². The summed E-state index contributed by atoms with van der Waals surface area (Å²) >= 11 is 0. The van der Waals surface area contributed by atoms with Crippen LogP contribution in [-0.4, -0.2) is 47.8 Å². The lowest BCUT2D eigenvalue weighted by Gasteiger charge is -2.36. The van der Waals surface area contributed by atoms with E-state index in [9.17, 15) is 9.59 Å². The van der Waals surface area contributed by atoms with Gasteiger partial charge < -0.3 is 9.80 Å². The molecule has 17 heavy (non-hydrogen) atoms. The van der Waals surface area contributed by atoms with Crippen molar-refractivity contribution in [1.29, 1.82) is 0 Å². The Labute approximate surface area is 104 Å². The minimum absolute atomic E-state index is 0.109. The molecule has 0 saturated carbocycles. The van der Waals surface area contributed by atoms with E-state index in [2.05, 4.69) is 13.8 Å². The van der Waals surface area contributed by atoms with E-state index in [-0.39, 0.29) is 17.7 Å². The van der Waals surface area contributed by atoms with Gasteiger partial charge in [-0.3, -0.25) is 9.59 Å². The van der Waals surface area contributed by atoms with Gasteiger partial charge in [0.15, 0.2) is 0 Å². The minimum atomic E-state index is 0.109. The van der Waals surface area contributed by atoms with E-state index in [1.54, 1.807) is 6.92 Å². The van der Waals surface area contributed by atoms with E-state index in [0.29, 0.717) is 26.2 Å². The van der Waals surface area contributed by atoms with E-state index < -0.39 is 0 Å². The van der Waals surface area contributed by atoms with Gasteiger partial charge in [0, 0.05) is 39.0 Å². The van der Waals surface area contributed by atoms with Gasteiger partial charge >= 0.3 is 0 Å². The molecule has 0 aromatic carbocycles. The third-order valence-electron chi connectivity index (χ3n) is 3.52. The molecule has 2 amide bonds. The van der Waals surface area contributed by atoms with Crippen molar-refractivity contribution in [3.05, 3.63) is 0 Å². The number of nitrogens with zero attached hydrogens (tertiary/aromatic N) is 2. The van der Waals surface area contributed by atoms with Crippen LogP contribution in [0, 0.1) is 5.92 Å². The molecule has 4 heteroatoms. The summed E-state index contributed by atoms with van der Waals surface area (Å²) < 4.78 is 0. The van der Waals surface area contributed by atoms with Gasteiger partial charge in [0.1, 0.15) is 0 Å². The zero-order valence-electron chi connectivity index (χ0n) is 11.2. The first-order valence-corrected chi connectivity index (χ1v) is 6.64. The molecule has 0 N–H and O–H groups in total. The van der Waals surface area contributed by atoms with Crippen LogP contribution in [0.1, 0.15) is 40.0 Å². The smallest absolute Gasteiger partial charge is 0.225 e. The van der Waals surface area contributed by atoms with E-state index >= 15 is 0 Å². The van der Waals surface area contributed by atoms with Crippen LogP contribution in [0.4, 0.5) is 0 Å². The molecule has 1 unspecified atom stereocenters. The fourth-order valence-electron chi connectivity index (χ4n) is 2.35. The molecule has 1 aliphatic rings. The predicted molar refractivity (Wildman–Crippen MR) is 67.5 cm³/mol. The molecular weight excluding hydrogens is 216 g/mol. The highest BCUT2D eigenvalue weighted by molar-refractivity contribution is 5.79. The highest BCUT2D eigenvalue weighted by Crippen LogP contribution is 2.16. The molecule has 0 aromatic heterocycles. The Morgan fingerprint density at radius 2 is 1.59 bits per heavy atom. The van der Waals surface area contributed by atoms with E-state index in [1.165, 1.54) is 0 Å². The first-order chi connectivity index (χ1) is 8.10. The molecule has 1 atom stereocenters. The van der Waals surface area contributed by atoms with E-state index in [0.717, 1.165) is 19.3 Å². The maximum Gasteiger partial charge on any atom is 0.225 e. The van der Waals surface area contributed by atoms with Crippen LogP contribution in [0.5, 0.6) is 0 Å². The normalized spacial score (nSPS) is 18.1. The van der Waals surface area contributed by atoms with E-state index in [1.807, 2.05) is 9.80 Å². The lowest BCUT2D eigenvalue weighted by atomic mass is 9.99. The summed E-state index contributed by atoms with van der Waals surface area (Å²) in [6, 6.07) is 0. The number of hydrogen-bond acceptors (Lipinski definition) is 2. The van der Waals surface area contributed by atoms with Crippen LogP contribution in [0.2, 0.25) is 0 Å². The molecule has 1 fully saturated rings. The molecular formula is C13H24N2O2. The Morgan fingerprint density at radius 3 is 2.00 bits per heavy atom. The number of piperazine rings is 1. The van der Waals surface area contributed by atoms with E-state index in [4.69, 9.17) is 0 Å². The average Bonchev–Trinajstić information content (AvgIpc) is 2.35. The van der Waals surface area contributed by atoms with Gasteiger partial charge in [-0.2, -0.15) is 0 Å². The number of carbonyl (C=O) groups excluding carboxylic acids is 2. The summed E-state index contributed by atoms with van der Waals surface area (Å²) in [4.78, 5) is 27.1. The summed E-state index contributed by atoms with van der Waals surface area (Å²) in [6.07, 6.45) is 2.94. The largest absolute Gasteiger partial charge is 0.339 e. The van der Waals surface area contributed by atoms with Gasteiger partial charge in [0.2, 0.25) is 11.8 Å². The Morgan fingerprint density at radius 1 is 1.06 bits per heavy atom. The molecule has 0 aliphatic carbocycles. The Balaban J connectivity index is 2.47. The molecule has 0 radical (unpaired) electrons. The third kappa shape index (κ3) is 3.72. The molecule has 0 bridgehead atoms. The van der Waals surface area contributed by atoms with Crippen LogP contribution >= 0.6 is 0 Å². The minimum Gasteiger partial charge on any atom is -0.339 e. The van der Waals surface area contributed by atoms with Crippen molar-refractivity contribution in [2.45, 2.75) is 40.0 Å². The molecule has 98 valence electrons. The summed E-state index contributed by atoms with van der Waals surface area (Å²) in [5.74, 6) is 0.555. The summed E-state index contributed by atoms with van der Waals surface area (Å²) in [5, 5.41) is 0. The van der Waals surface area contributed by atoms with Crippen LogP contribution in [0.15, 0.2) is 0 Å². The van der Waals surface area contributed by atoms with Crippen molar-refractivity contribution in [3.63, 3.8) is 0 Å². The second-order valence-corrected chi connectivity index (χ2v) is 4.73. The molecule has 0 aromatic rings. The van der Waals surface area contributed by atoms with Crippen molar-refractivity contribution < 1.29 is 9.59 Å². The lowest BCUT2D eigenvalue weighted by molar-refractivity contribution is -0.141. The Kier molecular flexibility index (Phi) is 5.45. The lowest BCUT2D eigenvalue weighted by Crippen LogP contribution is -2.51. The number of rotatable bonds is 4. The van der Waals surface area contributed by atoms with Gasteiger partial charge in [0.25, 0.3) is 0 Å².